The molecule has 0 aromatic carbocycles. The SMILES string of the molecule is C=CC=CC(=C)C=C(C)C=CC. The highest BCUT2D eigenvalue weighted by molar-refractivity contribution is 5.34. The van der Waals surface area contributed by atoms with Crippen molar-refractivity contribution in [1.29, 1.82) is 0 Å². The Bertz CT molecular complexity index is 237. The summed E-state index contributed by atoms with van der Waals surface area (Å²) in [6.07, 6.45) is 11.6. The van der Waals surface area contributed by atoms with Gasteiger partial charge in [0.2, 0.25) is 0 Å². The second-order valence-electron chi connectivity index (χ2n) is 2.56. The molecule has 64 valence electrons. The predicted molar refractivity (Wildman–Crippen MR) is 57.0 cm³/mol. The minimum atomic E-state index is 0.991. The number of hydrogen-bond acceptors (Lipinski definition) is 0. The lowest BCUT2D eigenvalue weighted by Crippen LogP contribution is -1.71. The molecular weight excluding hydrogens is 144 g/mol. The Hall–Kier alpha value is -1.30. The summed E-state index contributed by atoms with van der Waals surface area (Å²) in [5.74, 6) is 0. The van der Waals surface area contributed by atoms with E-state index in [1.807, 2.05) is 44.2 Å². The zero-order chi connectivity index (χ0) is 9.40. The Labute approximate surface area is 75.3 Å². The first-order valence-corrected chi connectivity index (χ1v) is 3.99. The Morgan fingerprint density at radius 3 is 2.42 bits per heavy atom. The molecule has 12 heavy (non-hydrogen) atoms. The molecule has 0 aromatic rings. The second-order valence-corrected chi connectivity index (χ2v) is 2.56. The summed E-state index contributed by atoms with van der Waals surface area (Å²) in [6.45, 7) is 11.5. The van der Waals surface area contributed by atoms with Gasteiger partial charge in [-0.3, -0.25) is 0 Å². The Morgan fingerprint density at radius 1 is 1.25 bits per heavy atom. The van der Waals surface area contributed by atoms with Crippen LogP contribution in [0.1, 0.15) is 13.8 Å². The molecule has 0 unspecified atom stereocenters. The molecule has 0 N–H and O–H groups in total. The van der Waals surface area contributed by atoms with Crippen LogP contribution < -0.4 is 0 Å². The predicted octanol–water partition coefficient (Wildman–Crippen LogP) is 3.81. The minimum absolute atomic E-state index is 0.991. The molecular formula is C12H16. The topological polar surface area (TPSA) is 0 Å². The molecule has 0 aromatic heterocycles. The van der Waals surface area contributed by atoms with E-state index in [1.54, 1.807) is 6.08 Å². The molecule has 0 nitrogen and oxygen atoms in total. The van der Waals surface area contributed by atoms with Crippen LogP contribution >= 0.6 is 0 Å². The molecule has 0 aliphatic carbocycles. The van der Waals surface area contributed by atoms with Crippen molar-refractivity contribution in [3.05, 3.63) is 60.8 Å². The zero-order valence-electron chi connectivity index (χ0n) is 7.88. The van der Waals surface area contributed by atoms with Gasteiger partial charge < -0.3 is 0 Å². The fourth-order valence-electron chi connectivity index (χ4n) is 0.843. The molecule has 0 fully saturated rings. The van der Waals surface area contributed by atoms with E-state index in [0.29, 0.717) is 0 Å². The Kier molecular flexibility index (Phi) is 5.72. The third kappa shape index (κ3) is 5.48. The van der Waals surface area contributed by atoms with Crippen LogP contribution in [-0.2, 0) is 0 Å². The number of hydrogen-bond donors (Lipinski definition) is 0. The average molecular weight is 160 g/mol. The Morgan fingerprint density at radius 2 is 1.92 bits per heavy atom. The van der Waals surface area contributed by atoms with Crippen molar-refractivity contribution in [1.82, 2.24) is 0 Å². The quantitative estimate of drug-likeness (QED) is 0.549. The van der Waals surface area contributed by atoms with Gasteiger partial charge in [0, 0.05) is 0 Å². The number of rotatable bonds is 4. The summed E-state index contributed by atoms with van der Waals surface area (Å²) in [7, 11) is 0. The summed E-state index contributed by atoms with van der Waals surface area (Å²) in [5, 5.41) is 0. The van der Waals surface area contributed by atoms with Gasteiger partial charge in [-0.1, -0.05) is 55.2 Å². The van der Waals surface area contributed by atoms with Crippen LogP contribution in [-0.4, -0.2) is 0 Å². The van der Waals surface area contributed by atoms with Crippen LogP contribution in [0.5, 0.6) is 0 Å². The van der Waals surface area contributed by atoms with Gasteiger partial charge >= 0.3 is 0 Å². The number of allylic oxidation sites excluding steroid dienone is 8. The van der Waals surface area contributed by atoms with Crippen molar-refractivity contribution in [2.24, 2.45) is 0 Å². The van der Waals surface area contributed by atoms with Crippen molar-refractivity contribution in [2.75, 3.05) is 0 Å². The van der Waals surface area contributed by atoms with Gasteiger partial charge in [-0.15, -0.1) is 0 Å². The summed E-state index contributed by atoms with van der Waals surface area (Å²) in [4.78, 5) is 0. The monoisotopic (exact) mass is 160 g/mol. The smallest absolute Gasteiger partial charge is 0.0326 e. The molecule has 0 radical (unpaired) electrons. The van der Waals surface area contributed by atoms with Crippen molar-refractivity contribution in [3.8, 4) is 0 Å². The third-order valence-corrected chi connectivity index (χ3v) is 1.29. The van der Waals surface area contributed by atoms with Gasteiger partial charge in [0.25, 0.3) is 0 Å². The average Bonchev–Trinajstić information content (AvgIpc) is 2.01. The fraction of sp³-hybridized carbons (Fsp3) is 0.167. The molecule has 0 amide bonds. The zero-order valence-corrected chi connectivity index (χ0v) is 7.88. The summed E-state index contributed by atoms with van der Waals surface area (Å²) < 4.78 is 0. The van der Waals surface area contributed by atoms with Gasteiger partial charge in [0.1, 0.15) is 0 Å². The Balaban J connectivity index is 4.23. The first kappa shape index (κ1) is 10.7. The van der Waals surface area contributed by atoms with Gasteiger partial charge in [-0.2, -0.15) is 0 Å². The highest BCUT2D eigenvalue weighted by Gasteiger charge is 1.82. The molecule has 0 aliphatic heterocycles. The van der Waals surface area contributed by atoms with Crippen LogP contribution in [0.2, 0.25) is 0 Å². The maximum Gasteiger partial charge on any atom is -0.0326 e. The van der Waals surface area contributed by atoms with Gasteiger partial charge in [0.15, 0.2) is 0 Å². The standard InChI is InChI=1S/C12H16/c1-5-7-9-12(4)10-11(3)8-6-2/h5-10H,1,4H2,2-3H3. The van der Waals surface area contributed by atoms with Crippen LogP contribution in [0.4, 0.5) is 0 Å². The molecule has 0 rings (SSSR count). The lowest BCUT2D eigenvalue weighted by Gasteiger charge is -1.91. The van der Waals surface area contributed by atoms with Crippen LogP contribution in [0.3, 0.4) is 0 Å². The van der Waals surface area contributed by atoms with Crippen LogP contribution in [0.25, 0.3) is 0 Å². The molecule has 0 bridgehead atoms. The second kappa shape index (κ2) is 6.41. The highest BCUT2D eigenvalue weighted by Crippen LogP contribution is 2.02. The molecule has 0 heteroatoms. The first-order valence-electron chi connectivity index (χ1n) is 3.99. The van der Waals surface area contributed by atoms with E-state index in [0.717, 1.165) is 5.57 Å². The molecule has 0 saturated carbocycles. The van der Waals surface area contributed by atoms with Crippen LogP contribution in [0.15, 0.2) is 60.8 Å². The van der Waals surface area contributed by atoms with E-state index in [4.69, 9.17) is 0 Å². The lowest BCUT2D eigenvalue weighted by atomic mass is 10.1. The van der Waals surface area contributed by atoms with Crippen molar-refractivity contribution in [3.63, 3.8) is 0 Å². The summed E-state index contributed by atoms with van der Waals surface area (Å²) in [6, 6.07) is 0. The van der Waals surface area contributed by atoms with Gasteiger partial charge in [-0.25, -0.2) is 0 Å². The van der Waals surface area contributed by atoms with E-state index in [1.165, 1.54) is 5.57 Å². The first-order chi connectivity index (χ1) is 5.70. The lowest BCUT2D eigenvalue weighted by molar-refractivity contribution is 1.48. The van der Waals surface area contributed by atoms with E-state index < -0.39 is 0 Å². The van der Waals surface area contributed by atoms with Gasteiger partial charge in [-0.05, 0) is 19.4 Å². The summed E-state index contributed by atoms with van der Waals surface area (Å²) >= 11 is 0. The summed E-state index contributed by atoms with van der Waals surface area (Å²) in [5.41, 5.74) is 2.20. The maximum atomic E-state index is 3.87. The third-order valence-electron chi connectivity index (χ3n) is 1.29. The van der Waals surface area contributed by atoms with E-state index in [9.17, 15) is 0 Å². The van der Waals surface area contributed by atoms with Crippen molar-refractivity contribution < 1.29 is 0 Å². The highest BCUT2D eigenvalue weighted by atomic mass is 13.9. The largest absolute Gasteiger partial charge is 0.0991 e. The minimum Gasteiger partial charge on any atom is -0.0991 e. The fourth-order valence-corrected chi connectivity index (χ4v) is 0.843. The van der Waals surface area contributed by atoms with Crippen LogP contribution in [0, 0.1) is 0 Å². The van der Waals surface area contributed by atoms with Crippen molar-refractivity contribution in [2.45, 2.75) is 13.8 Å². The molecule has 0 saturated heterocycles. The van der Waals surface area contributed by atoms with Gasteiger partial charge in [0.05, 0.1) is 0 Å². The molecule has 0 aliphatic rings. The molecule has 0 atom stereocenters. The molecule has 0 spiro atoms. The van der Waals surface area contributed by atoms with E-state index in [2.05, 4.69) is 13.2 Å². The normalized spacial score (nSPS) is 12.7. The maximum absolute atomic E-state index is 3.87. The van der Waals surface area contributed by atoms with E-state index >= 15 is 0 Å². The van der Waals surface area contributed by atoms with Crippen molar-refractivity contribution >= 4 is 0 Å². The van der Waals surface area contributed by atoms with E-state index in [-0.39, 0.29) is 0 Å². The molecule has 0 heterocycles.